The van der Waals surface area contributed by atoms with E-state index in [0.29, 0.717) is 12.8 Å². The van der Waals surface area contributed by atoms with Crippen LogP contribution >= 0.6 is 0 Å². The number of hydrogen-bond donors (Lipinski definition) is 1. The summed E-state index contributed by atoms with van der Waals surface area (Å²) < 4.78 is 12.4. The Bertz CT molecular complexity index is 56.9. The maximum absolute atomic E-state index is 12.4. The fraction of sp³-hybridized carbons (Fsp3) is 1.00. The fourth-order valence-electron chi connectivity index (χ4n) is 0.682. The van der Waals surface area contributed by atoms with E-state index in [2.05, 4.69) is 0 Å². The molecule has 0 aromatic heterocycles. The van der Waals surface area contributed by atoms with Crippen molar-refractivity contribution in [2.24, 2.45) is 0 Å². The zero-order chi connectivity index (χ0) is 7.11. The van der Waals surface area contributed by atoms with Crippen LogP contribution in [0.15, 0.2) is 0 Å². The predicted octanol–water partition coefficient (Wildman–Crippen LogP) is 1.90. The van der Waals surface area contributed by atoms with E-state index >= 15 is 0 Å². The van der Waals surface area contributed by atoms with E-state index in [4.69, 9.17) is 5.11 Å². The van der Waals surface area contributed by atoms with Crippen LogP contribution in [0.1, 0.15) is 32.6 Å². The van der Waals surface area contributed by atoms with Gasteiger partial charge in [0.2, 0.25) is 0 Å². The highest BCUT2D eigenvalue weighted by Gasteiger charge is 2.00. The van der Waals surface area contributed by atoms with Crippen LogP contribution in [0.3, 0.4) is 0 Å². The van der Waals surface area contributed by atoms with Crippen molar-refractivity contribution in [1.29, 1.82) is 0 Å². The van der Waals surface area contributed by atoms with E-state index in [-0.39, 0.29) is 6.61 Å². The third-order valence-corrected chi connectivity index (χ3v) is 1.37. The number of aliphatic hydroxyl groups is 1. The molecule has 1 N–H and O–H groups in total. The van der Waals surface area contributed by atoms with Crippen LogP contribution < -0.4 is 0 Å². The minimum Gasteiger partial charge on any atom is -0.396 e. The molecule has 0 unspecified atom stereocenters. The van der Waals surface area contributed by atoms with Gasteiger partial charge in [-0.1, -0.05) is 6.92 Å². The summed E-state index contributed by atoms with van der Waals surface area (Å²) in [4.78, 5) is 0. The quantitative estimate of drug-likeness (QED) is 0.569. The molecule has 0 fully saturated rings. The van der Waals surface area contributed by atoms with Gasteiger partial charge in [-0.05, 0) is 25.7 Å². The maximum atomic E-state index is 12.4. The summed E-state index contributed by atoms with van der Waals surface area (Å²) in [6, 6.07) is 0. The van der Waals surface area contributed by atoms with Crippen molar-refractivity contribution in [2.45, 2.75) is 38.8 Å². The van der Waals surface area contributed by atoms with Gasteiger partial charge >= 0.3 is 0 Å². The summed E-state index contributed by atoms with van der Waals surface area (Å²) in [5, 5.41) is 8.33. The monoisotopic (exact) mass is 134 g/mol. The molecule has 0 aliphatic carbocycles. The van der Waals surface area contributed by atoms with Crippen molar-refractivity contribution < 1.29 is 9.50 Å². The van der Waals surface area contributed by atoms with E-state index in [1.54, 1.807) is 0 Å². The third kappa shape index (κ3) is 5.77. The van der Waals surface area contributed by atoms with Gasteiger partial charge in [-0.15, -0.1) is 0 Å². The Morgan fingerprint density at radius 2 is 2.11 bits per heavy atom. The molecule has 2 heteroatoms. The lowest BCUT2D eigenvalue weighted by atomic mass is 10.1. The van der Waals surface area contributed by atoms with E-state index in [0.717, 1.165) is 12.8 Å². The molecule has 0 saturated carbocycles. The number of rotatable bonds is 5. The van der Waals surface area contributed by atoms with Crippen LogP contribution in [0.5, 0.6) is 0 Å². The molecular weight excluding hydrogens is 119 g/mol. The highest BCUT2D eigenvalue weighted by atomic mass is 19.1. The minimum atomic E-state index is -0.656. The van der Waals surface area contributed by atoms with Gasteiger partial charge in [0.05, 0.1) is 6.17 Å². The molecule has 1 nitrogen and oxygen atoms in total. The summed E-state index contributed by atoms with van der Waals surface area (Å²) in [6.45, 7) is 2.03. The van der Waals surface area contributed by atoms with Gasteiger partial charge in [-0.2, -0.15) is 0 Å². The number of alkyl halides is 1. The van der Waals surface area contributed by atoms with Crippen molar-refractivity contribution in [3.63, 3.8) is 0 Å². The van der Waals surface area contributed by atoms with Crippen molar-refractivity contribution in [3.8, 4) is 0 Å². The number of aliphatic hydroxyl groups excluding tert-OH is 1. The van der Waals surface area contributed by atoms with E-state index in [9.17, 15) is 4.39 Å². The van der Waals surface area contributed by atoms with Crippen LogP contribution in [0.25, 0.3) is 0 Å². The van der Waals surface area contributed by atoms with Gasteiger partial charge in [-0.25, -0.2) is 4.39 Å². The molecule has 0 rings (SSSR count). The molecule has 1 atom stereocenters. The molecule has 0 aliphatic heterocycles. The lowest BCUT2D eigenvalue weighted by Gasteiger charge is -2.01. The Morgan fingerprint density at radius 3 is 2.56 bits per heavy atom. The van der Waals surface area contributed by atoms with Crippen molar-refractivity contribution >= 4 is 0 Å². The topological polar surface area (TPSA) is 20.2 Å². The lowest BCUT2D eigenvalue weighted by molar-refractivity contribution is 0.258. The van der Waals surface area contributed by atoms with E-state index in [1.165, 1.54) is 0 Å². The van der Waals surface area contributed by atoms with Crippen molar-refractivity contribution in [1.82, 2.24) is 0 Å². The van der Waals surface area contributed by atoms with Gasteiger partial charge in [0.1, 0.15) is 0 Å². The molecular formula is C7H15FO. The Hall–Kier alpha value is -0.110. The van der Waals surface area contributed by atoms with E-state index < -0.39 is 6.17 Å². The SMILES string of the molecule is CC[C@@H](F)CCCCO. The van der Waals surface area contributed by atoms with Crippen molar-refractivity contribution in [3.05, 3.63) is 0 Å². The molecule has 0 heterocycles. The highest BCUT2D eigenvalue weighted by Crippen LogP contribution is 2.06. The summed E-state index contributed by atoms with van der Waals surface area (Å²) in [5.74, 6) is 0. The lowest BCUT2D eigenvalue weighted by Crippen LogP contribution is -1.97. The standard InChI is InChI=1S/C7H15FO/c1-2-7(8)5-3-4-6-9/h7,9H,2-6H2,1H3/t7-/m1/s1. The zero-order valence-corrected chi connectivity index (χ0v) is 5.94. The van der Waals surface area contributed by atoms with Gasteiger partial charge in [0.25, 0.3) is 0 Å². The van der Waals surface area contributed by atoms with Crippen LogP contribution in [0, 0.1) is 0 Å². The number of unbranched alkanes of at least 4 members (excludes halogenated alkanes) is 1. The average Bonchev–Trinajstić information content (AvgIpc) is 1.89. The Morgan fingerprint density at radius 1 is 1.44 bits per heavy atom. The third-order valence-electron chi connectivity index (χ3n) is 1.37. The van der Waals surface area contributed by atoms with Crippen LogP contribution in [-0.4, -0.2) is 17.9 Å². The van der Waals surface area contributed by atoms with Crippen LogP contribution in [-0.2, 0) is 0 Å². The molecule has 0 radical (unpaired) electrons. The van der Waals surface area contributed by atoms with Gasteiger partial charge in [0.15, 0.2) is 0 Å². The Labute approximate surface area is 55.9 Å². The molecule has 0 bridgehead atoms. The van der Waals surface area contributed by atoms with Crippen LogP contribution in [0.4, 0.5) is 4.39 Å². The largest absolute Gasteiger partial charge is 0.396 e. The normalized spacial score (nSPS) is 13.7. The summed E-state index contributed by atoms with van der Waals surface area (Å²) in [5.41, 5.74) is 0. The van der Waals surface area contributed by atoms with Crippen LogP contribution in [0.2, 0.25) is 0 Å². The summed E-state index contributed by atoms with van der Waals surface area (Å²) in [7, 11) is 0. The molecule has 0 aliphatic rings. The number of halogens is 1. The molecule has 0 saturated heterocycles. The highest BCUT2D eigenvalue weighted by molar-refractivity contribution is 4.52. The second-order valence-corrected chi connectivity index (χ2v) is 2.22. The van der Waals surface area contributed by atoms with E-state index in [1.807, 2.05) is 6.92 Å². The van der Waals surface area contributed by atoms with Gasteiger partial charge in [-0.3, -0.25) is 0 Å². The average molecular weight is 134 g/mol. The second-order valence-electron chi connectivity index (χ2n) is 2.22. The summed E-state index contributed by atoms with van der Waals surface area (Å²) in [6.07, 6.45) is 2.10. The molecule has 0 aromatic carbocycles. The first kappa shape index (κ1) is 8.89. The number of hydrogen-bond acceptors (Lipinski definition) is 1. The van der Waals surface area contributed by atoms with Crippen molar-refractivity contribution in [2.75, 3.05) is 6.61 Å². The summed E-state index contributed by atoms with van der Waals surface area (Å²) >= 11 is 0. The Kier molecular flexibility index (Phi) is 5.94. The first-order chi connectivity index (χ1) is 4.31. The first-order valence-corrected chi connectivity index (χ1v) is 3.56. The second kappa shape index (κ2) is 6.02. The Balaban J connectivity index is 2.88. The minimum absolute atomic E-state index is 0.191. The molecule has 56 valence electrons. The smallest absolute Gasteiger partial charge is 0.0999 e. The first-order valence-electron chi connectivity index (χ1n) is 3.56. The molecule has 9 heavy (non-hydrogen) atoms. The zero-order valence-electron chi connectivity index (χ0n) is 5.94. The molecule has 0 aromatic rings. The molecule has 0 spiro atoms. The predicted molar refractivity (Wildman–Crippen MR) is 36.1 cm³/mol. The maximum Gasteiger partial charge on any atom is 0.0999 e. The van der Waals surface area contributed by atoms with Gasteiger partial charge < -0.3 is 5.11 Å². The van der Waals surface area contributed by atoms with Gasteiger partial charge in [0, 0.05) is 6.61 Å². The molecule has 0 amide bonds. The fourth-order valence-corrected chi connectivity index (χ4v) is 0.682.